The zero-order valence-corrected chi connectivity index (χ0v) is 12.9. The first-order chi connectivity index (χ1) is 11.1. The number of ether oxygens (including phenoxy) is 1. The van der Waals surface area contributed by atoms with Crippen LogP contribution in [0.15, 0.2) is 48.5 Å². The molecule has 6 heteroatoms. The highest BCUT2D eigenvalue weighted by Crippen LogP contribution is 2.30. The summed E-state index contributed by atoms with van der Waals surface area (Å²) in [5.41, 5.74) is 1.45. The Bertz CT molecular complexity index is 646. The average molecular weight is 316 g/mol. The number of nitrogens with zero attached hydrogens (tertiary/aromatic N) is 1. The third-order valence-electron chi connectivity index (χ3n) is 3.58. The summed E-state index contributed by atoms with van der Waals surface area (Å²) in [6, 6.07) is 14.4. The molecule has 0 aliphatic heterocycles. The lowest BCUT2D eigenvalue weighted by Crippen LogP contribution is -2.24. The van der Waals surface area contributed by atoms with Crippen LogP contribution in [-0.4, -0.2) is 30.2 Å². The number of para-hydroxylation sites is 1. The maximum Gasteiger partial charge on any atom is 0.314 e. The number of rotatable bonds is 8. The Hall–Kier alpha value is -2.44. The van der Waals surface area contributed by atoms with E-state index in [1.54, 1.807) is 18.2 Å². The zero-order chi connectivity index (χ0) is 16.7. The minimum absolute atomic E-state index is 0.000378. The van der Waals surface area contributed by atoms with Gasteiger partial charge in [0.2, 0.25) is 0 Å². The number of methoxy groups -OCH3 is 1. The summed E-state index contributed by atoms with van der Waals surface area (Å²) in [6.45, 7) is 0.916. The SMILES string of the molecule is COc1cccc(CCNCC(O)c2ccccc2)c1[N+](=O)[O-]. The second-order valence-corrected chi connectivity index (χ2v) is 5.11. The number of nitrogens with one attached hydrogen (secondary N) is 1. The molecule has 0 aliphatic carbocycles. The lowest BCUT2D eigenvalue weighted by molar-refractivity contribution is -0.386. The summed E-state index contributed by atoms with van der Waals surface area (Å²) in [7, 11) is 1.42. The monoisotopic (exact) mass is 316 g/mol. The fourth-order valence-corrected chi connectivity index (χ4v) is 2.40. The summed E-state index contributed by atoms with van der Waals surface area (Å²) in [4.78, 5) is 10.8. The molecule has 0 saturated carbocycles. The van der Waals surface area contributed by atoms with E-state index in [4.69, 9.17) is 4.74 Å². The van der Waals surface area contributed by atoms with Gasteiger partial charge >= 0.3 is 5.69 Å². The first kappa shape index (κ1) is 16.9. The summed E-state index contributed by atoms with van der Waals surface area (Å²) in [5, 5.41) is 24.4. The Labute approximate surface area is 134 Å². The molecule has 1 unspecified atom stereocenters. The van der Waals surface area contributed by atoms with Gasteiger partial charge < -0.3 is 15.2 Å². The van der Waals surface area contributed by atoms with Crippen molar-refractivity contribution in [2.45, 2.75) is 12.5 Å². The second-order valence-electron chi connectivity index (χ2n) is 5.11. The van der Waals surface area contributed by atoms with E-state index in [1.807, 2.05) is 30.3 Å². The maximum atomic E-state index is 11.2. The first-order valence-electron chi connectivity index (χ1n) is 7.37. The van der Waals surface area contributed by atoms with Gasteiger partial charge in [0, 0.05) is 12.1 Å². The Kier molecular flexibility index (Phi) is 6.08. The van der Waals surface area contributed by atoms with E-state index in [-0.39, 0.29) is 11.4 Å². The van der Waals surface area contributed by atoms with Gasteiger partial charge in [0.25, 0.3) is 0 Å². The number of benzene rings is 2. The highest BCUT2D eigenvalue weighted by Gasteiger charge is 2.19. The van der Waals surface area contributed by atoms with Crippen LogP contribution in [0, 0.1) is 10.1 Å². The molecular formula is C17H20N2O4. The van der Waals surface area contributed by atoms with Crippen molar-refractivity contribution in [3.05, 3.63) is 69.8 Å². The molecule has 23 heavy (non-hydrogen) atoms. The number of nitro benzene ring substituents is 1. The van der Waals surface area contributed by atoms with Gasteiger partial charge in [-0.05, 0) is 24.6 Å². The Morgan fingerprint density at radius 1 is 1.22 bits per heavy atom. The van der Waals surface area contributed by atoms with Crippen LogP contribution in [0.3, 0.4) is 0 Å². The highest BCUT2D eigenvalue weighted by atomic mass is 16.6. The zero-order valence-electron chi connectivity index (χ0n) is 12.9. The number of aliphatic hydroxyl groups excluding tert-OH is 1. The van der Waals surface area contributed by atoms with Gasteiger partial charge in [0.05, 0.1) is 18.1 Å². The molecule has 2 rings (SSSR count). The summed E-state index contributed by atoms with van der Waals surface area (Å²) >= 11 is 0. The molecule has 2 aromatic carbocycles. The maximum absolute atomic E-state index is 11.2. The molecule has 0 aromatic heterocycles. The predicted octanol–water partition coefficient (Wildman–Crippen LogP) is 2.47. The molecule has 2 N–H and O–H groups in total. The third-order valence-corrected chi connectivity index (χ3v) is 3.58. The van der Waals surface area contributed by atoms with E-state index < -0.39 is 11.0 Å². The standard InChI is InChI=1S/C17H20N2O4/c1-23-16-9-5-8-14(17(16)19(21)22)10-11-18-12-15(20)13-6-3-2-4-7-13/h2-9,15,18,20H,10-12H2,1H3. The Morgan fingerprint density at radius 2 is 1.96 bits per heavy atom. The first-order valence-corrected chi connectivity index (χ1v) is 7.37. The molecule has 0 amide bonds. The van der Waals surface area contributed by atoms with Gasteiger partial charge in [-0.3, -0.25) is 10.1 Å². The number of nitro groups is 1. The molecule has 6 nitrogen and oxygen atoms in total. The molecule has 1 atom stereocenters. The Morgan fingerprint density at radius 3 is 2.61 bits per heavy atom. The van der Waals surface area contributed by atoms with Crippen LogP contribution in [0.25, 0.3) is 0 Å². The predicted molar refractivity (Wildman–Crippen MR) is 87.6 cm³/mol. The van der Waals surface area contributed by atoms with Crippen molar-refractivity contribution in [1.29, 1.82) is 0 Å². The van der Waals surface area contributed by atoms with Crippen molar-refractivity contribution in [2.75, 3.05) is 20.2 Å². The lowest BCUT2D eigenvalue weighted by Gasteiger charge is -2.12. The lowest BCUT2D eigenvalue weighted by atomic mass is 10.1. The second kappa shape index (κ2) is 8.26. The molecule has 0 aliphatic rings. The van der Waals surface area contributed by atoms with E-state index >= 15 is 0 Å². The van der Waals surface area contributed by atoms with Gasteiger partial charge in [0.1, 0.15) is 0 Å². The normalized spacial score (nSPS) is 11.9. The van der Waals surface area contributed by atoms with Crippen molar-refractivity contribution < 1.29 is 14.8 Å². The van der Waals surface area contributed by atoms with Gasteiger partial charge in [-0.15, -0.1) is 0 Å². The molecule has 0 fully saturated rings. The molecular weight excluding hydrogens is 296 g/mol. The van der Waals surface area contributed by atoms with Gasteiger partial charge in [-0.1, -0.05) is 42.5 Å². The van der Waals surface area contributed by atoms with Gasteiger partial charge in [-0.25, -0.2) is 0 Å². The number of aliphatic hydroxyl groups is 1. The third kappa shape index (κ3) is 4.51. The topological polar surface area (TPSA) is 84.6 Å². The van der Waals surface area contributed by atoms with Crippen LogP contribution in [-0.2, 0) is 6.42 Å². The van der Waals surface area contributed by atoms with Crippen molar-refractivity contribution in [2.24, 2.45) is 0 Å². The summed E-state index contributed by atoms with van der Waals surface area (Å²) < 4.78 is 5.05. The van der Waals surface area contributed by atoms with Crippen molar-refractivity contribution >= 4 is 5.69 Å². The fraction of sp³-hybridized carbons (Fsp3) is 0.294. The van der Waals surface area contributed by atoms with E-state index in [0.717, 1.165) is 5.56 Å². The minimum Gasteiger partial charge on any atom is -0.490 e. The van der Waals surface area contributed by atoms with E-state index in [0.29, 0.717) is 25.1 Å². The molecule has 0 bridgehead atoms. The molecule has 122 valence electrons. The Balaban J connectivity index is 1.91. The van der Waals surface area contributed by atoms with Crippen molar-refractivity contribution in [3.8, 4) is 5.75 Å². The van der Waals surface area contributed by atoms with Crippen LogP contribution in [0.5, 0.6) is 5.75 Å². The van der Waals surface area contributed by atoms with Gasteiger partial charge in [-0.2, -0.15) is 0 Å². The van der Waals surface area contributed by atoms with Crippen molar-refractivity contribution in [3.63, 3.8) is 0 Å². The fourth-order valence-electron chi connectivity index (χ4n) is 2.40. The minimum atomic E-state index is -0.600. The van der Waals surface area contributed by atoms with Crippen molar-refractivity contribution in [1.82, 2.24) is 5.32 Å². The van der Waals surface area contributed by atoms with E-state index in [2.05, 4.69) is 5.32 Å². The highest BCUT2D eigenvalue weighted by molar-refractivity contribution is 5.52. The quantitative estimate of drug-likeness (QED) is 0.444. The molecule has 2 aromatic rings. The summed E-state index contributed by atoms with van der Waals surface area (Å²) in [5.74, 6) is 0.261. The van der Waals surface area contributed by atoms with Gasteiger partial charge in [0.15, 0.2) is 5.75 Å². The molecule has 0 spiro atoms. The smallest absolute Gasteiger partial charge is 0.314 e. The van der Waals surface area contributed by atoms with Crippen LogP contribution in [0.2, 0.25) is 0 Å². The summed E-state index contributed by atoms with van der Waals surface area (Å²) in [6.07, 6.45) is -0.119. The van der Waals surface area contributed by atoms with Crippen LogP contribution in [0.4, 0.5) is 5.69 Å². The average Bonchev–Trinajstić information content (AvgIpc) is 2.58. The molecule has 0 heterocycles. The van der Waals surface area contributed by atoms with E-state index in [1.165, 1.54) is 7.11 Å². The van der Waals surface area contributed by atoms with Crippen LogP contribution >= 0.6 is 0 Å². The number of hydrogen-bond acceptors (Lipinski definition) is 5. The van der Waals surface area contributed by atoms with Crippen LogP contribution in [0.1, 0.15) is 17.2 Å². The number of hydrogen-bond donors (Lipinski definition) is 2. The molecule has 0 radical (unpaired) electrons. The molecule has 0 saturated heterocycles. The van der Waals surface area contributed by atoms with E-state index in [9.17, 15) is 15.2 Å². The van der Waals surface area contributed by atoms with Crippen LogP contribution < -0.4 is 10.1 Å². The largest absolute Gasteiger partial charge is 0.490 e.